The highest BCUT2D eigenvalue weighted by Gasteiger charge is 2.05. The van der Waals surface area contributed by atoms with Crippen molar-refractivity contribution in [1.82, 2.24) is 15.0 Å². The van der Waals surface area contributed by atoms with Gasteiger partial charge < -0.3 is 15.8 Å². The summed E-state index contributed by atoms with van der Waals surface area (Å²) in [6.45, 7) is 5.32. The van der Waals surface area contributed by atoms with Crippen molar-refractivity contribution in [3.8, 4) is 6.01 Å². The van der Waals surface area contributed by atoms with Gasteiger partial charge in [0.1, 0.15) is 0 Å². The Balaban J connectivity index is 2.01. The highest BCUT2D eigenvalue weighted by atomic mass is 32.1. The smallest absolute Gasteiger partial charge is 0.323 e. The number of ether oxygens (including phenoxy) is 1. The van der Waals surface area contributed by atoms with Gasteiger partial charge in [0.25, 0.3) is 0 Å². The maximum absolute atomic E-state index is 5.62. The van der Waals surface area contributed by atoms with Crippen LogP contribution in [0.25, 0.3) is 0 Å². The first-order chi connectivity index (χ1) is 9.17. The molecule has 0 atom stereocenters. The van der Waals surface area contributed by atoms with E-state index >= 15 is 0 Å². The van der Waals surface area contributed by atoms with E-state index in [1.165, 1.54) is 9.75 Å². The fourth-order valence-corrected chi connectivity index (χ4v) is 2.29. The molecule has 102 valence electrons. The second-order valence-corrected chi connectivity index (χ2v) is 5.39. The lowest BCUT2D eigenvalue weighted by Crippen LogP contribution is -2.09. The molecular weight excluding hydrogens is 262 g/mol. The zero-order valence-corrected chi connectivity index (χ0v) is 11.8. The number of anilines is 2. The van der Waals surface area contributed by atoms with Crippen molar-refractivity contribution in [2.24, 2.45) is 0 Å². The maximum Gasteiger partial charge on any atom is 0.323 e. The Morgan fingerprint density at radius 3 is 2.84 bits per heavy atom. The fourth-order valence-electron chi connectivity index (χ4n) is 1.46. The number of nitrogens with one attached hydrogen (secondary N) is 1. The van der Waals surface area contributed by atoms with Crippen LogP contribution in [0.15, 0.2) is 12.1 Å². The first-order valence-electron chi connectivity index (χ1n) is 6.11. The lowest BCUT2D eigenvalue weighted by atomic mass is 10.4. The van der Waals surface area contributed by atoms with Crippen LogP contribution in [-0.4, -0.2) is 21.6 Å². The summed E-state index contributed by atoms with van der Waals surface area (Å²) in [5, 5.41) is 3.12. The summed E-state index contributed by atoms with van der Waals surface area (Å²) in [7, 11) is 0. The predicted octanol–water partition coefficient (Wildman–Crippen LogP) is 2.22. The second kappa shape index (κ2) is 6.33. The molecule has 19 heavy (non-hydrogen) atoms. The molecule has 0 spiro atoms. The summed E-state index contributed by atoms with van der Waals surface area (Å²) in [4.78, 5) is 14.6. The van der Waals surface area contributed by atoms with Gasteiger partial charge in [-0.05, 0) is 25.5 Å². The van der Waals surface area contributed by atoms with Gasteiger partial charge in [-0.25, -0.2) is 0 Å². The number of aromatic nitrogens is 3. The van der Waals surface area contributed by atoms with E-state index in [1.54, 1.807) is 11.3 Å². The Labute approximate surface area is 116 Å². The lowest BCUT2D eigenvalue weighted by Gasteiger charge is -2.06. The van der Waals surface area contributed by atoms with Crippen LogP contribution in [0.3, 0.4) is 0 Å². The van der Waals surface area contributed by atoms with E-state index in [-0.39, 0.29) is 12.0 Å². The third kappa shape index (κ3) is 4.06. The average molecular weight is 279 g/mol. The summed E-state index contributed by atoms with van der Waals surface area (Å²) in [6, 6.07) is 4.42. The molecule has 0 aromatic carbocycles. The molecule has 6 nitrogen and oxygen atoms in total. The van der Waals surface area contributed by atoms with E-state index in [2.05, 4.69) is 39.3 Å². The van der Waals surface area contributed by atoms with Crippen LogP contribution in [0.2, 0.25) is 0 Å². The van der Waals surface area contributed by atoms with Gasteiger partial charge in [-0.2, -0.15) is 15.0 Å². The van der Waals surface area contributed by atoms with Crippen LogP contribution in [-0.2, 0) is 6.54 Å². The molecule has 0 aliphatic heterocycles. The Bertz CT molecular complexity index is 543. The largest absolute Gasteiger partial charge is 0.463 e. The van der Waals surface area contributed by atoms with E-state index < -0.39 is 0 Å². The molecule has 0 saturated carbocycles. The Morgan fingerprint density at radius 1 is 1.32 bits per heavy atom. The van der Waals surface area contributed by atoms with Gasteiger partial charge in [-0.3, -0.25) is 0 Å². The van der Waals surface area contributed by atoms with E-state index in [0.29, 0.717) is 19.1 Å². The van der Waals surface area contributed by atoms with E-state index in [9.17, 15) is 0 Å². The third-order valence-corrected chi connectivity index (χ3v) is 3.28. The van der Waals surface area contributed by atoms with Crippen molar-refractivity contribution in [2.75, 3.05) is 17.7 Å². The molecule has 2 aromatic rings. The quantitative estimate of drug-likeness (QED) is 0.843. The number of nitrogen functional groups attached to an aromatic ring is 1. The molecule has 0 fully saturated rings. The van der Waals surface area contributed by atoms with Crippen LogP contribution < -0.4 is 15.8 Å². The van der Waals surface area contributed by atoms with Crippen LogP contribution in [0, 0.1) is 6.92 Å². The van der Waals surface area contributed by atoms with Crippen molar-refractivity contribution in [3.63, 3.8) is 0 Å². The highest BCUT2D eigenvalue weighted by molar-refractivity contribution is 7.11. The van der Waals surface area contributed by atoms with E-state index in [1.807, 2.05) is 6.92 Å². The van der Waals surface area contributed by atoms with Crippen molar-refractivity contribution < 1.29 is 4.74 Å². The van der Waals surface area contributed by atoms with E-state index in [4.69, 9.17) is 10.5 Å². The molecular formula is C12H17N5OS. The predicted molar refractivity (Wildman–Crippen MR) is 76.4 cm³/mol. The van der Waals surface area contributed by atoms with Gasteiger partial charge in [-0.15, -0.1) is 11.3 Å². The van der Waals surface area contributed by atoms with E-state index in [0.717, 1.165) is 6.42 Å². The fraction of sp³-hybridized carbons (Fsp3) is 0.417. The number of hydrogen-bond donors (Lipinski definition) is 2. The number of hydrogen-bond acceptors (Lipinski definition) is 7. The molecule has 2 heterocycles. The molecule has 3 N–H and O–H groups in total. The minimum atomic E-state index is 0.158. The number of aryl methyl sites for hydroxylation is 1. The lowest BCUT2D eigenvalue weighted by molar-refractivity contribution is 0.292. The van der Waals surface area contributed by atoms with Crippen LogP contribution in [0.4, 0.5) is 11.9 Å². The highest BCUT2D eigenvalue weighted by Crippen LogP contribution is 2.16. The van der Waals surface area contributed by atoms with Crippen LogP contribution in [0.1, 0.15) is 23.1 Å². The molecule has 0 unspecified atom stereocenters. The normalized spacial score (nSPS) is 10.4. The number of nitrogens with two attached hydrogens (primary N) is 1. The molecule has 0 radical (unpaired) electrons. The van der Waals surface area contributed by atoms with Gasteiger partial charge in [0.2, 0.25) is 11.9 Å². The summed E-state index contributed by atoms with van der Waals surface area (Å²) < 4.78 is 5.35. The molecule has 0 aliphatic rings. The Morgan fingerprint density at radius 2 is 2.16 bits per heavy atom. The molecule has 7 heteroatoms. The zero-order chi connectivity index (χ0) is 13.7. The Hall–Kier alpha value is -1.89. The topological polar surface area (TPSA) is 86.0 Å². The summed E-state index contributed by atoms with van der Waals surface area (Å²) in [6.07, 6.45) is 0.892. The van der Waals surface area contributed by atoms with Gasteiger partial charge in [0.15, 0.2) is 0 Å². The minimum absolute atomic E-state index is 0.158. The number of rotatable bonds is 6. The molecule has 0 amide bonds. The number of nitrogens with zero attached hydrogens (tertiary/aromatic N) is 3. The van der Waals surface area contributed by atoms with Gasteiger partial charge >= 0.3 is 6.01 Å². The first kappa shape index (κ1) is 13.5. The standard InChI is InChI=1S/C12H17N5OS/c1-3-6-18-12-16-10(13)15-11(17-12)14-7-9-5-4-8(2)19-9/h4-5H,3,6-7H2,1-2H3,(H3,13,14,15,16,17). The second-order valence-electron chi connectivity index (χ2n) is 4.01. The molecule has 2 aromatic heterocycles. The molecule has 0 bridgehead atoms. The van der Waals surface area contributed by atoms with Gasteiger partial charge in [0.05, 0.1) is 13.2 Å². The molecule has 0 aliphatic carbocycles. The van der Waals surface area contributed by atoms with Crippen molar-refractivity contribution in [2.45, 2.75) is 26.8 Å². The Kier molecular flexibility index (Phi) is 4.51. The maximum atomic E-state index is 5.62. The molecule has 2 rings (SSSR count). The van der Waals surface area contributed by atoms with Crippen molar-refractivity contribution in [1.29, 1.82) is 0 Å². The average Bonchev–Trinajstić information content (AvgIpc) is 2.79. The summed E-state index contributed by atoms with van der Waals surface area (Å²) in [5.74, 6) is 0.593. The SMILES string of the molecule is CCCOc1nc(N)nc(NCc2ccc(C)s2)n1. The minimum Gasteiger partial charge on any atom is -0.463 e. The summed E-state index contributed by atoms with van der Waals surface area (Å²) in [5.41, 5.74) is 5.62. The third-order valence-electron chi connectivity index (χ3n) is 2.28. The summed E-state index contributed by atoms with van der Waals surface area (Å²) >= 11 is 1.73. The van der Waals surface area contributed by atoms with Crippen LogP contribution in [0.5, 0.6) is 6.01 Å². The van der Waals surface area contributed by atoms with Crippen molar-refractivity contribution in [3.05, 3.63) is 21.9 Å². The molecule has 0 saturated heterocycles. The number of thiophene rings is 1. The van der Waals surface area contributed by atoms with Gasteiger partial charge in [-0.1, -0.05) is 6.92 Å². The van der Waals surface area contributed by atoms with Crippen molar-refractivity contribution >= 4 is 23.2 Å². The van der Waals surface area contributed by atoms with Crippen LogP contribution >= 0.6 is 11.3 Å². The monoisotopic (exact) mass is 279 g/mol. The zero-order valence-electron chi connectivity index (χ0n) is 11.0. The van der Waals surface area contributed by atoms with Gasteiger partial charge in [0, 0.05) is 9.75 Å². The first-order valence-corrected chi connectivity index (χ1v) is 6.92.